The lowest BCUT2D eigenvalue weighted by molar-refractivity contribution is 0.0342. The molecule has 0 spiro atoms. The maximum atomic E-state index is 6.04. The van der Waals surface area contributed by atoms with Crippen LogP contribution in [-0.4, -0.2) is 21.6 Å². The molecule has 3 rings (SSSR count). The van der Waals surface area contributed by atoms with Crippen molar-refractivity contribution in [1.82, 2.24) is 15.0 Å². The molecule has 1 atom stereocenters. The van der Waals surface area contributed by atoms with Crippen molar-refractivity contribution >= 4 is 0 Å². The summed E-state index contributed by atoms with van der Waals surface area (Å²) in [7, 11) is 0. The lowest BCUT2D eigenvalue weighted by atomic mass is 9.89. The third-order valence-electron chi connectivity index (χ3n) is 3.75. The van der Waals surface area contributed by atoms with Gasteiger partial charge in [-0.1, -0.05) is 29.5 Å². The van der Waals surface area contributed by atoms with Crippen molar-refractivity contribution < 1.29 is 4.74 Å². The van der Waals surface area contributed by atoms with Gasteiger partial charge in [0, 0.05) is 12.7 Å². The number of fused-ring (bicyclic) bond motifs is 1. The Hall–Kier alpha value is -1.72. The Morgan fingerprint density at radius 1 is 1.35 bits per heavy atom. The number of benzene rings is 1. The fourth-order valence-electron chi connectivity index (χ4n) is 2.71. The van der Waals surface area contributed by atoms with E-state index in [1.54, 1.807) is 4.68 Å². The van der Waals surface area contributed by atoms with Gasteiger partial charge in [0.15, 0.2) is 0 Å². The maximum Gasteiger partial charge on any atom is 0.0962 e. The summed E-state index contributed by atoms with van der Waals surface area (Å²) in [5.41, 5.74) is 9.10. The van der Waals surface area contributed by atoms with Gasteiger partial charge in [-0.25, -0.2) is 4.68 Å². The summed E-state index contributed by atoms with van der Waals surface area (Å²) >= 11 is 0. The first-order valence-electron chi connectivity index (χ1n) is 7.15. The van der Waals surface area contributed by atoms with Gasteiger partial charge in [-0.15, -0.1) is 5.10 Å². The van der Waals surface area contributed by atoms with Crippen LogP contribution < -0.4 is 5.73 Å². The fraction of sp³-hybridized carbons (Fsp3) is 0.467. The first kappa shape index (κ1) is 13.3. The molecule has 2 aromatic rings. The van der Waals surface area contributed by atoms with E-state index in [1.807, 2.05) is 6.20 Å². The first-order valence-corrected chi connectivity index (χ1v) is 7.15. The van der Waals surface area contributed by atoms with Gasteiger partial charge < -0.3 is 10.5 Å². The highest BCUT2D eigenvalue weighted by Crippen LogP contribution is 2.32. The molecule has 1 unspecified atom stereocenters. The van der Waals surface area contributed by atoms with Crippen LogP contribution in [0.4, 0.5) is 0 Å². The number of nitrogens with two attached hydrogens (primary N) is 1. The highest BCUT2D eigenvalue weighted by molar-refractivity contribution is 5.31. The monoisotopic (exact) mass is 272 g/mol. The second kappa shape index (κ2) is 6.15. The van der Waals surface area contributed by atoms with Gasteiger partial charge in [-0.05, 0) is 30.4 Å². The van der Waals surface area contributed by atoms with E-state index in [2.05, 4.69) is 34.6 Å². The number of hydrogen-bond acceptors (Lipinski definition) is 4. The summed E-state index contributed by atoms with van der Waals surface area (Å²) in [5.74, 6) is 0. The van der Waals surface area contributed by atoms with Gasteiger partial charge in [0.25, 0.3) is 0 Å². The minimum Gasteiger partial charge on any atom is -0.372 e. The quantitative estimate of drug-likeness (QED) is 0.901. The number of aryl methyl sites for hydroxylation is 1. The number of rotatable bonds is 5. The summed E-state index contributed by atoms with van der Waals surface area (Å²) in [4.78, 5) is 0. The first-order chi connectivity index (χ1) is 9.86. The summed E-state index contributed by atoms with van der Waals surface area (Å²) < 4.78 is 7.82. The Bertz CT molecular complexity index is 567. The van der Waals surface area contributed by atoms with Crippen molar-refractivity contribution in [3.8, 4) is 0 Å². The van der Waals surface area contributed by atoms with Crippen molar-refractivity contribution in [1.29, 1.82) is 0 Å². The SMILES string of the molecule is NCc1cn(CCOC2CCCc3ccccc32)nn1. The third-order valence-corrected chi connectivity index (χ3v) is 3.75. The van der Waals surface area contributed by atoms with E-state index < -0.39 is 0 Å². The molecule has 0 aliphatic heterocycles. The van der Waals surface area contributed by atoms with Crippen molar-refractivity contribution in [3.63, 3.8) is 0 Å². The van der Waals surface area contributed by atoms with E-state index in [0.717, 1.165) is 12.1 Å². The number of nitrogens with zero attached hydrogens (tertiary/aromatic N) is 3. The van der Waals surface area contributed by atoms with Gasteiger partial charge in [-0.2, -0.15) is 0 Å². The summed E-state index contributed by atoms with van der Waals surface area (Å²) in [6, 6.07) is 8.58. The van der Waals surface area contributed by atoms with E-state index in [-0.39, 0.29) is 6.10 Å². The number of hydrogen-bond donors (Lipinski definition) is 1. The van der Waals surface area contributed by atoms with Crippen LogP contribution in [0.2, 0.25) is 0 Å². The predicted octanol–water partition coefficient (Wildman–Crippen LogP) is 1.83. The van der Waals surface area contributed by atoms with E-state index in [0.29, 0.717) is 19.7 Å². The zero-order valence-corrected chi connectivity index (χ0v) is 11.5. The molecule has 0 radical (unpaired) electrons. The Morgan fingerprint density at radius 2 is 2.25 bits per heavy atom. The van der Waals surface area contributed by atoms with Crippen LogP contribution >= 0.6 is 0 Å². The normalized spacial score (nSPS) is 17.9. The van der Waals surface area contributed by atoms with Crippen LogP contribution in [0.3, 0.4) is 0 Å². The second-order valence-electron chi connectivity index (χ2n) is 5.13. The summed E-state index contributed by atoms with van der Waals surface area (Å²) in [6.45, 7) is 1.79. The van der Waals surface area contributed by atoms with Crippen molar-refractivity contribution in [2.75, 3.05) is 6.61 Å². The molecule has 1 aliphatic carbocycles. The molecular weight excluding hydrogens is 252 g/mol. The van der Waals surface area contributed by atoms with Gasteiger partial charge in [0.05, 0.1) is 24.9 Å². The molecule has 5 nitrogen and oxygen atoms in total. The molecule has 106 valence electrons. The molecule has 0 amide bonds. The third kappa shape index (κ3) is 2.89. The Kier molecular flexibility index (Phi) is 4.08. The average molecular weight is 272 g/mol. The average Bonchev–Trinajstić information content (AvgIpc) is 2.95. The standard InChI is InChI=1S/C15H20N4O/c16-10-13-11-19(18-17-13)8-9-20-15-7-3-5-12-4-1-2-6-14(12)15/h1-2,4,6,11,15H,3,5,7-10,16H2. The van der Waals surface area contributed by atoms with Gasteiger partial charge >= 0.3 is 0 Å². The van der Waals surface area contributed by atoms with E-state index in [4.69, 9.17) is 10.5 Å². The highest BCUT2D eigenvalue weighted by atomic mass is 16.5. The Labute approximate surface area is 118 Å². The summed E-state index contributed by atoms with van der Waals surface area (Å²) in [5, 5.41) is 7.99. The minimum atomic E-state index is 0.220. The van der Waals surface area contributed by atoms with Crippen molar-refractivity contribution in [2.24, 2.45) is 5.73 Å². The van der Waals surface area contributed by atoms with Crippen LogP contribution in [0.25, 0.3) is 0 Å². The van der Waals surface area contributed by atoms with E-state index >= 15 is 0 Å². The van der Waals surface area contributed by atoms with Gasteiger partial charge in [0.1, 0.15) is 0 Å². The molecular formula is C15H20N4O. The summed E-state index contributed by atoms with van der Waals surface area (Å²) in [6.07, 6.45) is 5.56. The fourth-order valence-corrected chi connectivity index (χ4v) is 2.71. The molecule has 1 aliphatic rings. The predicted molar refractivity (Wildman–Crippen MR) is 76.0 cm³/mol. The van der Waals surface area contributed by atoms with Gasteiger partial charge in [-0.3, -0.25) is 0 Å². The smallest absolute Gasteiger partial charge is 0.0962 e. The van der Waals surface area contributed by atoms with Crippen LogP contribution in [0.1, 0.15) is 35.8 Å². The van der Waals surface area contributed by atoms with Crippen LogP contribution in [-0.2, 0) is 24.2 Å². The van der Waals surface area contributed by atoms with Crippen LogP contribution in [0, 0.1) is 0 Å². The van der Waals surface area contributed by atoms with Gasteiger partial charge in [0.2, 0.25) is 0 Å². The topological polar surface area (TPSA) is 66.0 Å². The number of ether oxygens (including phenoxy) is 1. The van der Waals surface area contributed by atoms with Crippen molar-refractivity contribution in [3.05, 3.63) is 47.3 Å². The lowest BCUT2D eigenvalue weighted by Crippen LogP contribution is -2.15. The molecule has 0 saturated heterocycles. The molecule has 5 heteroatoms. The highest BCUT2D eigenvalue weighted by Gasteiger charge is 2.19. The van der Waals surface area contributed by atoms with Crippen LogP contribution in [0.15, 0.2) is 30.5 Å². The zero-order chi connectivity index (χ0) is 13.8. The maximum absolute atomic E-state index is 6.04. The number of aromatic nitrogens is 3. The lowest BCUT2D eigenvalue weighted by Gasteiger charge is -2.25. The molecule has 0 bridgehead atoms. The van der Waals surface area contributed by atoms with E-state index in [1.165, 1.54) is 24.0 Å². The van der Waals surface area contributed by atoms with Crippen LogP contribution in [0.5, 0.6) is 0 Å². The minimum absolute atomic E-state index is 0.220. The Balaban J connectivity index is 1.57. The molecule has 0 fully saturated rings. The molecule has 20 heavy (non-hydrogen) atoms. The molecule has 1 aromatic heterocycles. The largest absolute Gasteiger partial charge is 0.372 e. The van der Waals surface area contributed by atoms with E-state index in [9.17, 15) is 0 Å². The molecule has 1 aromatic carbocycles. The molecule has 1 heterocycles. The molecule has 0 saturated carbocycles. The Morgan fingerprint density at radius 3 is 3.10 bits per heavy atom. The van der Waals surface area contributed by atoms with Crippen molar-refractivity contribution in [2.45, 2.75) is 38.5 Å². The zero-order valence-electron chi connectivity index (χ0n) is 11.5. The molecule has 2 N–H and O–H groups in total. The second-order valence-corrected chi connectivity index (χ2v) is 5.13.